The van der Waals surface area contributed by atoms with Gasteiger partial charge in [-0.05, 0) is 41.5 Å². The zero-order valence-electron chi connectivity index (χ0n) is 11.6. The number of carbonyl (C=O) groups is 1. The molecule has 1 amide bonds. The number of nitrogens with zero attached hydrogens (tertiary/aromatic N) is 4. The molecule has 7 nitrogen and oxygen atoms in total. The molecule has 1 atom stereocenters. The molecule has 2 rings (SSSR count). The number of benzene rings is 1. The highest BCUT2D eigenvalue weighted by Crippen LogP contribution is 2.18. The number of tetrazole rings is 1. The Balaban J connectivity index is 2.14. The van der Waals surface area contributed by atoms with E-state index in [1.54, 1.807) is 4.68 Å². The molecule has 0 aliphatic carbocycles. The van der Waals surface area contributed by atoms with Crippen LogP contribution in [0.2, 0.25) is 0 Å². The molecule has 7 heteroatoms. The molecule has 2 aromatic rings. The predicted octanol–water partition coefficient (Wildman–Crippen LogP) is 1.04. The molecule has 0 spiro atoms. The summed E-state index contributed by atoms with van der Waals surface area (Å²) < 4.78 is 1.56. The van der Waals surface area contributed by atoms with E-state index >= 15 is 0 Å². The third-order valence-corrected chi connectivity index (χ3v) is 3.06. The molecule has 1 unspecified atom stereocenters. The van der Waals surface area contributed by atoms with Crippen molar-refractivity contribution in [1.82, 2.24) is 20.2 Å². The highest BCUT2D eigenvalue weighted by molar-refractivity contribution is 5.91. The van der Waals surface area contributed by atoms with Crippen molar-refractivity contribution < 1.29 is 4.79 Å². The van der Waals surface area contributed by atoms with Crippen molar-refractivity contribution >= 4 is 11.6 Å². The number of hydrogen-bond donors (Lipinski definition) is 2. The number of aryl methyl sites for hydroxylation is 1. The zero-order valence-corrected chi connectivity index (χ0v) is 11.6. The lowest BCUT2D eigenvalue weighted by Crippen LogP contribution is -2.26. The zero-order chi connectivity index (χ0) is 14.5. The maximum absolute atomic E-state index is 11.8. The smallest absolute Gasteiger partial charge is 0.225 e. The van der Waals surface area contributed by atoms with Gasteiger partial charge in [-0.3, -0.25) is 4.79 Å². The van der Waals surface area contributed by atoms with E-state index in [1.165, 1.54) is 6.33 Å². The Hall–Kier alpha value is -2.28. The van der Waals surface area contributed by atoms with Crippen LogP contribution in [0.3, 0.4) is 0 Å². The number of nitrogens with two attached hydrogens (primary N) is 1. The van der Waals surface area contributed by atoms with E-state index < -0.39 is 0 Å². The van der Waals surface area contributed by atoms with E-state index in [0.29, 0.717) is 12.1 Å². The van der Waals surface area contributed by atoms with Crippen LogP contribution < -0.4 is 11.1 Å². The molecule has 3 N–H and O–H groups in total. The van der Waals surface area contributed by atoms with Gasteiger partial charge in [0.05, 0.1) is 5.69 Å². The van der Waals surface area contributed by atoms with Gasteiger partial charge in [-0.25, -0.2) is 4.68 Å². The van der Waals surface area contributed by atoms with Crippen molar-refractivity contribution in [2.24, 2.45) is 5.73 Å². The van der Waals surface area contributed by atoms with Crippen LogP contribution in [0.4, 0.5) is 5.69 Å². The fourth-order valence-corrected chi connectivity index (χ4v) is 1.80. The molecule has 20 heavy (non-hydrogen) atoms. The first-order chi connectivity index (χ1) is 9.60. The number of hydrogen-bond acceptors (Lipinski definition) is 5. The molecule has 0 saturated carbocycles. The summed E-state index contributed by atoms with van der Waals surface area (Å²) in [7, 11) is 0. The van der Waals surface area contributed by atoms with Gasteiger partial charge in [0.1, 0.15) is 6.33 Å². The minimum absolute atomic E-state index is 0.0918. The van der Waals surface area contributed by atoms with E-state index in [9.17, 15) is 4.79 Å². The topological polar surface area (TPSA) is 98.7 Å². The van der Waals surface area contributed by atoms with Crippen LogP contribution >= 0.6 is 0 Å². The second kappa shape index (κ2) is 6.25. The molecule has 1 aromatic carbocycles. The molecule has 0 bridgehead atoms. The molecule has 0 aliphatic heterocycles. The van der Waals surface area contributed by atoms with Crippen molar-refractivity contribution in [2.45, 2.75) is 32.7 Å². The number of amides is 1. The van der Waals surface area contributed by atoms with Crippen molar-refractivity contribution in [3.05, 3.63) is 30.1 Å². The molecule has 0 saturated heterocycles. The number of carbonyl (C=O) groups excluding carboxylic acids is 1. The number of anilines is 1. The van der Waals surface area contributed by atoms with Crippen LogP contribution in [0.25, 0.3) is 5.69 Å². The molecule has 0 radical (unpaired) electrons. The summed E-state index contributed by atoms with van der Waals surface area (Å²) in [6.07, 6.45) is 2.60. The lowest BCUT2D eigenvalue weighted by molar-refractivity contribution is -0.116. The molecule has 0 fully saturated rings. The molecule has 0 aliphatic rings. The first kappa shape index (κ1) is 14.1. The summed E-state index contributed by atoms with van der Waals surface area (Å²) in [4.78, 5) is 11.8. The van der Waals surface area contributed by atoms with Crippen LogP contribution in [-0.2, 0) is 4.79 Å². The van der Waals surface area contributed by atoms with Crippen molar-refractivity contribution in [1.29, 1.82) is 0 Å². The Labute approximate surface area is 117 Å². The Bertz CT molecular complexity index is 581. The minimum atomic E-state index is -0.112. The van der Waals surface area contributed by atoms with E-state index in [0.717, 1.165) is 17.7 Å². The first-order valence-corrected chi connectivity index (χ1v) is 6.49. The summed E-state index contributed by atoms with van der Waals surface area (Å²) in [6.45, 7) is 3.91. The second-order valence-corrected chi connectivity index (χ2v) is 4.68. The Kier molecular flexibility index (Phi) is 4.41. The van der Waals surface area contributed by atoms with Gasteiger partial charge in [0.15, 0.2) is 0 Å². The lowest BCUT2D eigenvalue weighted by atomic mass is 10.1. The number of aromatic nitrogens is 4. The fraction of sp³-hybridized carbons (Fsp3) is 0.385. The normalized spacial score (nSPS) is 12.2. The predicted molar refractivity (Wildman–Crippen MR) is 75.4 cm³/mol. The van der Waals surface area contributed by atoms with Gasteiger partial charge in [-0.15, -0.1) is 5.10 Å². The average Bonchev–Trinajstić information content (AvgIpc) is 2.94. The monoisotopic (exact) mass is 274 g/mol. The van der Waals surface area contributed by atoms with E-state index in [4.69, 9.17) is 5.73 Å². The van der Waals surface area contributed by atoms with Crippen LogP contribution in [0.1, 0.15) is 25.3 Å². The summed E-state index contributed by atoms with van der Waals surface area (Å²) in [5, 5.41) is 13.9. The van der Waals surface area contributed by atoms with Crippen molar-refractivity contribution in [3.63, 3.8) is 0 Å². The fourth-order valence-electron chi connectivity index (χ4n) is 1.80. The molecular weight excluding hydrogens is 256 g/mol. The quantitative estimate of drug-likeness (QED) is 0.848. The third-order valence-electron chi connectivity index (χ3n) is 3.06. The average molecular weight is 274 g/mol. The van der Waals surface area contributed by atoms with Crippen LogP contribution in [0, 0.1) is 6.92 Å². The van der Waals surface area contributed by atoms with Gasteiger partial charge in [0.2, 0.25) is 5.91 Å². The standard InChI is InChI=1S/C13H18N6O/c1-3-10(14)6-13(20)16-11-5-4-9(2)12(7-11)19-8-15-17-18-19/h4-5,7-8,10H,3,6,14H2,1-2H3,(H,16,20). The number of nitrogens with one attached hydrogen (secondary N) is 1. The Morgan fingerprint density at radius 3 is 2.95 bits per heavy atom. The van der Waals surface area contributed by atoms with Gasteiger partial charge in [-0.2, -0.15) is 0 Å². The van der Waals surface area contributed by atoms with E-state index in [-0.39, 0.29) is 11.9 Å². The number of rotatable bonds is 5. The second-order valence-electron chi connectivity index (χ2n) is 4.68. The maximum Gasteiger partial charge on any atom is 0.225 e. The van der Waals surface area contributed by atoms with Gasteiger partial charge >= 0.3 is 0 Å². The minimum Gasteiger partial charge on any atom is -0.327 e. The van der Waals surface area contributed by atoms with Crippen LogP contribution in [0.5, 0.6) is 0 Å². The van der Waals surface area contributed by atoms with E-state index in [2.05, 4.69) is 20.8 Å². The highest BCUT2D eigenvalue weighted by atomic mass is 16.1. The summed E-state index contributed by atoms with van der Waals surface area (Å²) in [5.74, 6) is -0.0918. The largest absolute Gasteiger partial charge is 0.327 e. The summed E-state index contributed by atoms with van der Waals surface area (Å²) in [6, 6.07) is 5.48. The Morgan fingerprint density at radius 1 is 1.50 bits per heavy atom. The van der Waals surface area contributed by atoms with Gasteiger partial charge < -0.3 is 11.1 Å². The highest BCUT2D eigenvalue weighted by Gasteiger charge is 2.09. The molecule has 1 heterocycles. The Morgan fingerprint density at radius 2 is 2.30 bits per heavy atom. The van der Waals surface area contributed by atoms with Crippen LogP contribution in [-0.4, -0.2) is 32.2 Å². The van der Waals surface area contributed by atoms with Gasteiger partial charge in [0, 0.05) is 18.2 Å². The van der Waals surface area contributed by atoms with Gasteiger partial charge in [-0.1, -0.05) is 13.0 Å². The van der Waals surface area contributed by atoms with E-state index in [1.807, 2.05) is 32.0 Å². The SMILES string of the molecule is CCC(N)CC(=O)Nc1ccc(C)c(-n2cnnn2)c1. The summed E-state index contributed by atoms with van der Waals surface area (Å²) >= 11 is 0. The first-order valence-electron chi connectivity index (χ1n) is 6.49. The maximum atomic E-state index is 11.8. The van der Waals surface area contributed by atoms with Gasteiger partial charge in [0.25, 0.3) is 0 Å². The molecular formula is C13H18N6O. The molecule has 1 aromatic heterocycles. The third kappa shape index (κ3) is 3.39. The van der Waals surface area contributed by atoms with Crippen molar-refractivity contribution in [2.75, 3.05) is 5.32 Å². The van der Waals surface area contributed by atoms with Crippen LogP contribution in [0.15, 0.2) is 24.5 Å². The van der Waals surface area contributed by atoms with Crippen molar-refractivity contribution in [3.8, 4) is 5.69 Å². The summed E-state index contributed by atoms with van der Waals surface area (Å²) in [5.41, 5.74) is 8.31. The molecule has 106 valence electrons. The lowest BCUT2D eigenvalue weighted by Gasteiger charge is -2.11.